The van der Waals surface area contributed by atoms with E-state index in [4.69, 9.17) is 5.73 Å². The highest BCUT2D eigenvalue weighted by Crippen LogP contribution is 2.33. The molecule has 0 spiro atoms. The molecular weight excluding hydrogens is 342 g/mol. The SMILES string of the molecule is CC(C)(C)c1nc2ccc(S(=O)(=O)N3CCCCC3CN)cc2s1. The predicted octanol–water partition coefficient (Wildman–Crippen LogP) is 3.10. The van der Waals surface area contributed by atoms with Crippen molar-refractivity contribution in [1.29, 1.82) is 0 Å². The van der Waals surface area contributed by atoms with Crippen LogP contribution in [-0.2, 0) is 15.4 Å². The van der Waals surface area contributed by atoms with E-state index in [1.807, 2.05) is 6.07 Å². The van der Waals surface area contributed by atoms with E-state index < -0.39 is 10.0 Å². The molecule has 1 aliphatic rings. The van der Waals surface area contributed by atoms with E-state index in [1.54, 1.807) is 27.8 Å². The molecule has 1 fully saturated rings. The van der Waals surface area contributed by atoms with Crippen molar-refractivity contribution in [3.05, 3.63) is 23.2 Å². The smallest absolute Gasteiger partial charge is 0.243 e. The monoisotopic (exact) mass is 367 g/mol. The third kappa shape index (κ3) is 3.22. The van der Waals surface area contributed by atoms with Crippen LogP contribution in [-0.4, -0.2) is 36.8 Å². The molecule has 7 heteroatoms. The van der Waals surface area contributed by atoms with Gasteiger partial charge in [0.05, 0.1) is 20.1 Å². The van der Waals surface area contributed by atoms with E-state index >= 15 is 0 Å². The summed E-state index contributed by atoms with van der Waals surface area (Å²) in [6.07, 6.45) is 2.77. The lowest BCUT2D eigenvalue weighted by Gasteiger charge is -2.33. The summed E-state index contributed by atoms with van der Waals surface area (Å²) < 4.78 is 28.6. The number of sulfonamides is 1. The fourth-order valence-electron chi connectivity index (χ4n) is 3.05. The van der Waals surface area contributed by atoms with Crippen molar-refractivity contribution in [3.8, 4) is 0 Å². The summed E-state index contributed by atoms with van der Waals surface area (Å²) in [6, 6.07) is 5.16. The summed E-state index contributed by atoms with van der Waals surface area (Å²) in [5, 5.41) is 1.02. The van der Waals surface area contributed by atoms with Crippen LogP contribution in [0.1, 0.15) is 45.0 Å². The number of piperidine rings is 1. The third-order valence-corrected chi connectivity index (χ3v) is 7.85. The highest BCUT2D eigenvalue weighted by Gasteiger charge is 2.33. The van der Waals surface area contributed by atoms with Gasteiger partial charge in [-0.05, 0) is 31.0 Å². The number of benzene rings is 1. The number of aromatic nitrogens is 1. The first-order valence-corrected chi connectivity index (χ1v) is 10.6. The first-order chi connectivity index (χ1) is 11.2. The van der Waals surface area contributed by atoms with Crippen LogP contribution in [0.2, 0.25) is 0 Å². The lowest BCUT2D eigenvalue weighted by atomic mass is 9.98. The molecular formula is C17H25N3O2S2. The number of hydrogen-bond donors (Lipinski definition) is 1. The fourth-order valence-corrected chi connectivity index (χ4v) is 5.92. The second-order valence-corrected chi connectivity index (χ2v) is 10.3. The van der Waals surface area contributed by atoms with Gasteiger partial charge in [-0.25, -0.2) is 13.4 Å². The highest BCUT2D eigenvalue weighted by molar-refractivity contribution is 7.89. The van der Waals surface area contributed by atoms with Crippen LogP contribution in [0.3, 0.4) is 0 Å². The van der Waals surface area contributed by atoms with Crippen molar-refractivity contribution < 1.29 is 8.42 Å². The molecule has 1 aromatic carbocycles. The molecule has 2 N–H and O–H groups in total. The first-order valence-electron chi connectivity index (χ1n) is 8.36. The van der Waals surface area contributed by atoms with Crippen molar-refractivity contribution in [2.24, 2.45) is 5.73 Å². The minimum absolute atomic E-state index is 0.0414. The van der Waals surface area contributed by atoms with E-state index in [2.05, 4.69) is 25.8 Å². The molecule has 2 aromatic rings. The van der Waals surface area contributed by atoms with Gasteiger partial charge < -0.3 is 5.73 Å². The molecule has 1 aliphatic heterocycles. The lowest BCUT2D eigenvalue weighted by Crippen LogP contribution is -2.47. The summed E-state index contributed by atoms with van der Waals surface area (Å²) in [5.74, 6) is 0. The van der Waals surface area contributed by atoms with E-state index in [0.717, 1.165) is 34.5 Å². The summed E-state index contributed by atoms with van der Waals surface area (Å²) in [4.78, 5) is 4.99. The molecule has 2 heterocycles. The average molecular weight is 368 g/mol. The zero-order valence-corrected chi connectivity index (χ0v) is 16.1. The van der Waals surface area contributed by atoms with Gasteiger partial charge in [-0.3, -0.25) is 0 Å². The first kappa shape index (κ1) is 17.8. The molecule has 1 unspecified atom stereocenters. The average Bonchev–Trinajstić information content (AvgIpc) is 2.98. The van der Waals surface area contributed by atoms with Gasteiger partial charge in [0.1, 0.15) is 0 Å². The van der Waals surface area contributed by atoms with Gasteiger partial charge in [-0.1, -0.05) is 27.2 Å². The van der Waals surface area contributed by atoms with Gasteiger partial charge in [0.25, 0.3) is 0 Å². The summed E-state index contributed by atoms with van der Waals surface area (Å²) in [7, 11) is -3.51. The van der Waals surface area contributed by atoms with E-state index in [-0.39, 0.29) is 11.5 Å². The number of hydrogen-bond acceptors (Lipinski definition) is 5. The summed E-state index contributed by atoms with van der Waals surface area (Å²) in [5.41, 5.74) is 6.61. The van der Waals surface area contributed by atoms with Crippen molar-refractivity contribution in [2.45, 2.75) is 56.4 Å². The van der Waals surface area contributed by atoms with Gasteiger partial charge in [0.15, 0.2) is 0 Å². The fraction of sp³-hybridized carbons (Fsp3) is 0.588. The summed E-state index contributed by atoms with van der Waals surface area (Å²) >= 11 is 1.57. The molecule has 3 rings (SSSR count). The molecule has 24 heavy (non-hydrogen) atoms. The molecule has 5 nitrogen and oxygen atoms in total. The van der Waals surface area contributed by atoms with Crippen molar-refractivity contribution in [3.63, 3.8) is 0 Å². The Kier molecular flexibility index (Phi) is 4.72. The Bertz CT molecular complexity index is 837. The van der Waals surface area contributed by atoms with Gasteiger partial charge >= 0.3 is 0 Å². The van der Waals surface area contributed by atoms with Gasteiger partial charge in [0.2, 0.25) is 10.0 Å². The minimum atomic E-state index is -3.51. The molecule has 132 valence electrons. The second kappa shape index (κ2) is 6.37. The van der Waals surface area contributed by atoms with Crippen LogP contribution in [0.5, 0.6) is 0 Å². The third-order valence-electron chi connectivity index (χ3n) is 4.45. The number of rotatable bonds is 3. The molecule has 1 saturated heterocycles. The number of nitrogens with zero attached hydrogens (tertiary/aromatic N) is 2. The Hall–Kier alpha value is -1.02. The van der Waals surface area contributed by atoms with Crippen molar-refractivity contribution >= 4 is 31.6 Å². The van der Waals surface area contributed by atoms with Crippen LogP contribution < -0.4 is 5.73 Å². The quantitative estimate of drug-likeness (QED) is 0.904. The van der Waals surface area contributed by atoms with Gasteiger partial charge in [-0.2, -0.15) is 4.31 Å². The number of nitrogens with two attached hydrogens (primary N) is 1. The Morgan fingerprint density at radius 2 is 2.08 bits per heavy atom. The molecule has 0 saturated carbocycles. The Morgan fingerprint density at radius 3 is 2.75 bits per heavy atom. The highest BCUT2D eigenvalue weighted by atomic mass is 32.2. The van der Waals surface area contributed by atoms with Crippen molar-refractivity contribution in [1.82, 2.24) is 9.29 Å². The molecule has 1 aromatic heterocycles. The second-order valence-electron chi connectivity index (χ2n) is 7.40. The predicted molar refractivity (Wildman–Crippen MR) is 98.9 cm³/mol. The van der Waals surface area contributed by atoms with Crippen LogP contribution in [0.25, 0.3) is 10.2 Å². The van der Waals surface area contributed by atoms with Crippen LogP contribution >= 0.6 is 11.3 Å². The van der Waals surface area contributed by atoms with E-state index in [0.29, 0.717) is 18.0 Å². The standard InChI is InChI=1S/C17H25N3O2S2/c1-17(2,3)16-19-14-8-7-13(10-15(14)23-16)24(21,22)20-9-5-4-6-12(20)11-18/h7-8,10,12H,4-6,9,11,18H2,1-3H3. The maximum Gasteiger partial charge on any atom is 0.243 e. The van der Waals surface area contributed by atoms with Crippen LogP contribution in [0.4, 0.5) is 0 Å². The molecule has 0 aliphatic carbocycles. The maximum absolute atomic E-state index is 13.1. The summed E-state index contributed by atoms with van der Waals surface area (Å²) in [6.45, 7) is 7.26. The molecule has 0 bridgehead atoms. The topological polar surface area (TPSA) is 76.3 Å². The zero-order chi connectivity index (χ0) is 17.5. The minimum Gasteiger partial charge on any atom is -0.329 e. The Balaban J connectivity index is 2.01. The number of fused-ring (bicyclic) bond motifs is 1. The number of thiazole rings is 1. The molecule has 0 amide bonds. The lowest BCUT2D eigenvalue weighted by molar-refractivity contribution is 0.257. The van der Waals surface area contributed by atoms with E-state index in [1.165, 1.54) is 0 Å². The molecule has 1 atom stereocenters. The van der Waals surface area contributed by atoms with Gasteiger partial charge in [0, 0.05) is 24.5 Å². The van der Waals surface area contributed by atoms with Crippen LogP contribution in [0, 0.1) is 0 Å². The maximum atomic E-state index is 13.1. The Labute approximate surface area is 147 Å². The Morgan fingerprint density at radius 1 is 1.33 bits per heavy atom. The van der Waals surface area contributed by atoms with Crippen LogP contribution in [0.15, 0.2) is 23.1 Å². The van der Waals surface area contributed by atoms with Crippen molar-refractivity contribution in [2.75, 3.05) is 13.1 Å². The molecule has 0 radical (unpaired) electrons. The zero-order valence-electron chi connectivity index (χ0n) is 14.4. The largest absolute Gasteiger partial charge is 0.329 e. The van der Waals surface area contributed by atoms with Gasteiger partial charge in [-0.15, -0.1) is 11.3 Å². The normalized spacial score (nSPS) is 20.6. The van der Waals surface area contributed by atoms with E-state index in [9.17, 15) is 8.42 Å².